The SMILES string of the molecule is CC(C)N(CCOc1ccc(/C=C/c2n[nH]c3ccccc23)cc1)C(C)C. The lowest BCUT2D eigenvalue weighted by atomic mass is 10.1. The molecular weight excluding hydrogens is 334 g/mol. The minimum absolute atomic E-state index is 0.527. The summed E-state index contributed by atoms with van der Waals surface area (Å²) >= 11 is 0. The van der Waals surface area contributed by atoms with Gasteiger partial charge in [-0.15, -0.1) is 0 Å². The van der Waals surface area contributed by atoms with Gasteiger partial charge in [-0.3, -0.25) is 10.00 Å². The fourth-order valence-electron chi connectivity index (χ4n) is 3.34. The summed E-state index contributed by atoms with van der Waals surface area (Å²) in [6, 6.07) is 17.4. The van der Waals surface area contributed by atoms with Crippen molar-refractivity contribution in [1.82, 2.24) is 15.1 Å². The topological polar surface area (TPSA) is 41.1 Å². The van der Waals surface area contributed by atoms with E-state index in [1.54, 1.807) is 0 Å². The molecule has 27 heavy (non-hydrogen) atoms. The molecule has 0 aliphatic carbocycles. The number of hydrogen-bond acceptors (Lipinski definition) is 3. The van der Waals surface area contributed by atoms with E-state index in [1.807, 2.05) is 36.4 Å². The molecule has 2 aromatic carbocycles. The molecule has 0 fully saturated rings. The van der Waals surface area contributed by atoms with Crippen LogP contribution in [0.1, 0.15) is 39.0 Å². The molecule has 1 aromatic heterocycles. The van der Waals surface area contributed by atoms with Crippen molar-refractivity contribution >= 4 is 23.1 Å². The molecule has 0 radical (unpaired) electrons. The molecule has 3 rings (SSSR count). The second-order valence-corrected chi connectivity index (χ2v) is 7.33. The standard InChI is InChI=1S/C23H29N3O/c1-17(2)26(18(3)4)15-16-27-20-12-9-19(10-13-20)11-14-23-21-7-5-6-8-22(21)24-25-23/h5-14,17-18H,15-16H2,1-4H3,(H,24,25)/b14-11+. The molecule has 1 N–H and O–H groups in total. The molecule has 3 aromatic rings. The maximum Gasteiger partial charge on any atom is 0.119 e. The molecule has 1 heterocycles. The van der Waals surface area contributed by atoms with Gasteiger partial charge in [0, 0.05) is 24.0 Å². The Labute approximate surface area is 161 Å². The Balaban J connectivity index is 1.57. The summed E-state index contributed by atoms with van der Waals surface area (Å²) in [5, 5.41) is 8.56. The van der Waals surface area contributed by atoms with E-state index in [2.05, 4.69) is 67.1 Å². The molecule has 4 nitrogen and oxygen atoms in total. The number of fused-ring (bicyclic) bond motifs is 1. The Morgan fingerprint density at radius 3 is 2.37 bits per heavy atom. The summed E-state index contributed by atoms with van der Waals surface area (Å²) in [7, 11) is 0. The molecule has 0 aliphatic heterocycles. The highest BCUT2D eigenvalue weighted by atomic mass is 16.5. The van der Waals surface area contributed by atoms with Crippen LogP contribution in [-0.2, 0) is 0 Å². The summed E-state index contributed by atoms with van der Waals surface area (Å²) in [6.45, 7) is 10.5. The first kappa shape index (κ1) is 19.2. The highest BCUT2D eigenvalue weighted by Crippen LogP contribution is 2.19. The number of para-hydroxylation sites is 1. The summed E-state index contributed by atoms with van der Waals surface area (Å²) in [6.07, 6.45) is 4.11. The molecule has 0 saturated heterocycles. The van der Waals surface area contributed by atoms with E-state index in [4.69, 9.17) is 4.74 Å². The number of nitrogens with one attached hydrogen (secondary N) is 1. The van der Waals surface area contributed by atoms with Gasteiger partial charge in [-0.05, 0) is 57.5 Å². The largest absolute Gasteiger partial charge is 0.492 e. The summed E-state index contributed by atoms with van der Waals surface area (Å²) in [5.41, 5.74) is 3.13. The number of aromatic amines is 1. The lowest BCUT2D eigenvalue weighted by Gasteiger charge is -2.30. The van der Waals surface area contributed by atoms with Crippen LogP contribution in [0.4, 0.5) is 0 Å². The fraction of sp³-hybridized carbons (Fsp3) is 0.348. The van der Waals surface area contributed by atoms with Crippen LogP contribution in [0.3, 0.4) is 0 Å². The van der Waals surface area contributed by atoms with Gasteiger partial charge in [0.2, 0.25) is 0 Å². The lowest BCUT2D eigenvalue weighted by molar-refractivity contribution is 0.142. The first-order valence-corrected chi connectivity index (χ1v) is 9.64. The van der Waals surface area contributed by atoms with E-state index < -0.39 is 0 Å². The highest BCUT2D eigenvalue weighted by molar-refractivity contribution is 5.89. The van der Waals surface area contributed by atoms with E-state index in [-0.39, 0.29) is 0 Å². The van der Waals surface area contributed by atoms with E-state index in [0.29, 0.717) is 18.7 Å². The van der Waals surface area contributed by atoms with Gasteiger partial charge in [0.25, 0.3) is 0 Å². The average molecular weight is 364 g/mol. The maximum absolute atomic E-state index is 5.92. The molecular formula is C23H29N3O. The number of ether oxygens (including phenoxy) is 1. The Morgan fingerprint density at radius 1 is 0.963 bits per heavy atom. The van der Waals surface area contributed by atoms with E-state index in [0.717, 1.165) is 34.5 Å². The van der Waals surface area contributed by atoms with Gasteiger partial charge in [-0.25, -0.2) is 0 Å². The maximum atomic E-state index is 5.92. The van der Waals surface area contributed by atoms with Gasteiger partial charge in [0.1, 0.15) is 12.4 Å². The van der Waals surface area contributed by atoms with Crippen molar-refractivity contribution in [2.24, 2.45) is 0 Å². The van der Waals surface area contributed by atoms with Crippen LogP contribution in [0.25, 0.3) is 23.1 Å². The summed E-state index contributed by atoms with van der Waals surface area (Å²) in [5.74, 6) is 0.907. The van der Waals surface area contributed by atoms with Crippen molar-refractivity contribution in [3.05, 3.63) is 59.8 Å². The third-order valence-electron chi connectivity index (χ3n) is 4.76. The number of aromatic nitrogens is 2. The molecule has 0 amide bonds. The normalized spacial score (nSPS) is 12.1. The number of benzene rings is 2. The molecule has 0 spiro atoms. The van der Waals surface area contributed by atoms with Gasteiger partial charge < -0.3 is 4.74 Å². The quantitative estimate of drug-likeness (QED) is 0.596. The second kappa shape index (κ2) is 8.87. The van der Waals surface area contributed by atoms with Crippen molar-refractivity contribution in [2.45, 2.75) is 39.8 Å². The van der Waals surface area contributed by atoms with Crippen LogP contribution in [0.5, 0.6) is 5.75 Å². The van der Waals surface area contributed by atoms with E-state index in [9.17, 15) is 0 Å². The van der Waals surface area contributed by atoms with Crippen LogP contribution in [0, 0.1) is 0 Å². The van der Waals surface area contributed by atoms with Gasteiger partial charge >= 0.3 is 0 Å². The zero-order valence-corrected chi connectivity index (χ0v) is 16.6. The first-order chi connectivity index (χ1) is 13.0. The van der Waals surface area contributed by atoms with E-state index in [1.165, 1.54) is 0 Å². The highest BCUT2D eigenvalue weighted by Gasteiger charge is 2.12. The van der Waals surface area contributed by atoms with Crippen molar-refractivity contribution in [1.29, 1.82) is 0 Å². The number of rotatable bonds is 8. The minimum atomic E-state index is 0.527. The molecule has 142 valence electrons. The van der Waals surface area contributed by atoms with E-state index >= 15 is 0 Å². The smallest absolute Gasteiger partial charge is 0.119 e. The Morgan fingerprint density at radius 2 is 1.67 bits per heavy atom. The van der Waals surface area contributed by atoms with Crippen molar-refractivity contribution in [3.8, 4) is 5.75 Å². The number of nitrogens with zero attached hydrogens (tertiary/aromatic N) is 2. The van der Waals surface area contributed by atoms with Crippen LogP contribution in [0.2, 0.25) is 0 Å². The zero-order valence-electron chi connectivity index (χ0n) is 16.6. The number of H-pyrrole nitrogens is 1. The molecule has 0 unspecified atom stereocenters. The van der Waals surface area contributed by atoms with Crippen LogP contribution in [-0.4, -0.2) is 40.3 Å². The summed E-state index contributed by atoms with van der Waals surface area (Å²) in [4.78, 5) is 2.44. The van der Waals surface area contributed by atoms with Crippen molar-refractivity contribution in [2.75, 3.05) is 13.2 Å². The van der Waals surface area contributed by atoms with Crippen molar-refractivity contribution in [3.63, 3.8) is 0 Å². The summed E-state index contributed by atoms with van der Waals surface area (Å²) < 4.78 is 5.92. The van der Waals surface area contributed by atoms with Crippen LogP contribution >= 0.6 is 0 Å². The van der Waals surface area contributed by atoms with Crippen LogP contribution in [0.15, 0.2) is 48.5 Å². The lowest BCUT2D eigenvalue weighted by Crippen LogP contribution is -2.39. The monoisotopic (exact) mass is 363 g/mol. The molecule has 0 bridgehead atoms. The second-order valence-electron chi connectivity index (χ2n) is 7.33. The van der Waals surface area contributed by atoms with Gasteiger partial charge in [0.05, 0.1) is 11.2 Å². The Bertz CT molecular complexity index is 870. The van der Waals surface area contributed by atoms with Crippen LogP contribution < -0.4 is 4.74 Å². The third-order valence-corrected chi connectivity index (χ3v) is 4.76. The first-order valence-electron chi connectivity index (χ1n) is 9.64. The van der Waals surface area contributed by atoms with Gasteiger partial charge in [-0.1, -0.05) is 36.4 Å². The predicted molar refractivity (Wildman–Crippen MR) is 114 cm³/mol. The molecule has 4 heteroatoms. The molecule has 0 atom stereocenters. The number of hydrogen-bond donors (Lipinski definition) is 1. The zero-order chi connectivity index (χ0) is 19.2. The van der Waals surface area contributed by atoms with Gasteiger partial charge in [-0.2, -0.15) is 5.10 Å². The molecule has 0 aliphatic rings. The van der Waals surface area contributed by atoms with Crippen molar-refractivity contribution < 1.29 is 4.74 Å². The predicted octanol–water partition coefficient (Wildman–Crippen LogP) is 5.23. The fourth-order valence-corrected chi connectivity index (χ4v) is 3.34. The Kier molecular flexibility index (Phi) is 6.30. The van der Waals surface area contributed by atoms with Gasteiger partial charge in [0.15, 0.2) is 0 Å². The third kappa shape index (κ3) is 4.98. The Hall–Kier alpha value is -2.59. The minimum Gasteiger partial charge on any atom is -0.492 e. The average Bonchev–Trinajstić information content (AvgIpc) is 3.07. The molecule has 0 saturated carbocycles.